The standard InChI is InChI=1S/C6H5N3O3/c10-4-2-6(12)9-3(7-4)1-5(11)8-9/h1-2,12H,(H,7,10)(H,8,11). The molecule has 12 heavy (non-hydrogen) atoms. The minimum Gasteiger partial charge on any atom is -0.493 e. The number of aromatic nitrogens is 3. The molecule has 6 heteroatoms. The van der Waals surface area contributed by atoms with E-state index in [1.165, 1.54) is 6.07 Å². The molecule has 62 valence electrons. The van der Waals surface area contributed by atoms with Crippen molar-refractivity contribution < 1.29 is 5.11 Å². The van der Waals surface area contributed by atoms with Gasteiger partial charge in [-0.25, -0.2) is 4.52 Å². The topological polar surface area (TPSA) is 90.4 Å². The molecule has 0 fully saturated rings. The highest BCUT2D eigenvalue weighted by atomic mass is 16.3. The molecule has 0 atom stereocenters. The van der Waals surface area contributed by atoms with Gasteiger partial charge in [-0.05, 0) is 0 Å². The molecule has 2 rings (SSSR count). The maximum atomic E-state index is 10.8. The highest BCUT2D eigenvalue weighted by Crippen LogP contribution is 2.02. The third-order valence-electron chi connectivity index (χ3n) is 1.47. The lowest BCUT2D eigenvalue weighted by atomic mass is 10.6. The number of H-pyrrole nitrogens is 2. The van der Waals surface area contributed by atoms with Crippen LogP contribution in [-0.4, -0.2) is 19.7 Å². The average Bonchev–Trinajstić information content (AvgIpc) is 2.29. The first-order valence-electron chi connectivity index (χ1n) is 3.21. The van der Waals surface area contributed by atoms with Crippen molar-refractivity contribution in [1.82, 2.24) is 14.6 Å². The highest BCUT2D eigenvalue weighted by molar-refractivity contribution is 5.37. The zero-order valence-corrected chi connectivity index (χ0v) is 5.87. The second kappa shape index (κ2) is 2.00. The van der Waals surface area contributed by atoms with E-state index < -0.39 is 5.56 Å². The van der Waals surface area contributed by atoms with Crippen molar-refractivity contribution in [2.24, 2.45) is 0 Å². The number of aromatic hydroxyl groups is 1. The van der Waals surface area contributed by atoms with E-state index in [1.54, 1.807) is 0 Å². The van der Waals surface area contributed by atoms with Gasteiger partial charge in [0.25, 0.3) is 11.1 Å². The predicted molar refractivity (Wildman–Crippen MR) is 40.3 cm³/mol. The molecule has 2 heterocycles. The van der Waals surface area contributed by atoms with Gasteiger partial charge in [0.15, 0.2) is 0 Å². The van der Waals surface area contributed by atoms with E-state index in [2.05, 4.69) is 10.1 Å². The van der Waals surface area contributed by atoms with Gasteiger partial charge in [0, 0.05) is 6.07 Å². The first kappa shape index (κ1) is 6.71. The molecular formula is C6H5N3O3. The third-order valence-corrected chi connectivity index (χ3v) is 1.47. The molecule has 3 N–H and O–H groups in total. The fourth-order valence-corrected chi connectivity index (χ4v) is 1.01. The van der Waals surface area contributed by atoms with E-state index in [4.69, 9.17) is 5.11 Å². The Balaban J connectivity index is 3.07. The number of aromatic amines is 2. The number of nitrogens with zero attached hydrogens (tertiary/aromatic N) is 1. The molecule has 0 bridgehead atoms. The molecule has 0 spiro atoms. The zero-order valence-electron chi connectivity index (χ0n) is 5.87. The second-order valence-corrected chi connectivity index (χ2v) is 2.33. The maximum absolute atomic E-state index is 10.8. The molecule has 2 aromatic rings. The van der Waals surface area contributed by atoms with E-state index >= 15 is 0 Å². The number of hydrogen-bond donors (Lipinski definition) is 3. The van der Waals surface area contributed by atoms with Crippen molar-refractivity contribution >= 4 is 5.65 Å². The van der Waals surface area contributed by atoms with Gasteiger partial charge >= 0.3 is 0 Å². The monoisotopic (exact) mass is 167 g/mol. The zero-order chi connectivity index (χ0) is 8.72. The lowest BCUT2D eigenvalue weighted by molar-refractivity contribution is 0.434. The summed E-state index contributed by atoms with van der Waals surface area (Å²) in [5.74, 6) is -0.296. The summed E-state index contributed by atoms with van der Waals surface area (Å²) in [7, 11) is 0. The van der Waals surface area contributed by atoms with Crippen molar-refractivity contribution in [2.75, 3.05) is 0 Å². The van der Waals surface area contributed by atoms with Gasteiger partial charge in [0.2, 0.25) is 5.88 Å². The van der Waals surface area contributed by atoms with Crippen LogP contribution in [-0.2, 0) is 0 Å². The molecule has 0 saturated heterocycles. The van der Waals surface area contributed by atoms with Crippen LogP contribution in [0, 0.1) is 0 Å². The molecule has 0 radical (unpaired) electrons. The van der Waals surface area contributed by atoms with Crippen molar-refractivity contribution in [3.8, 4) is 5.88 Å². The first-order valence-corrected chi connectivity index (χ1v) is 3.21. The Morgan fingerprint density at radius 3 is 2.75 bits per heavy atom. The van der Waals surface area contributed by atoms with Crippen LogP contribution in [0.2, 0.25) is 0 Å². The molecule has 6 nitrogen and oxygen atoms in total. The van der Waals surface area contributed by atoms with Crippen molar-refractivity contribution in [3.63, 3.8) is 0 Å². The summed E-state index contributed by atoms with van der Waals surface area (Å²) >= 11 is 0. The van der Waals surface area contributed by atoms with Crippen molar-refractivity contribution in [3.05, 3.63) is 32.8 Å². The Kier molecular flexibility index (Phi) is 1.12. The van der Waals surface area contributed by atoms with Gasteiger partial charge < -0.3 is 10.1 Å². The Morgan fingerprint density at radius 1 is 1.25 bits per heavy atom. The molecule has 0 amide bonds. The van der Waals surface area contributed by atoms with Gasteiger partial charge in [-0.3, -0.25) is 14.7 Å². The van der Waals surface area contributed by atoms with E-state index in [0.29, 0.717) is 0 Å². The molecule has 0 aliphatic rings. The Bertz CT molecular complexity index is 533. The Morgan fingerprint density at radius 2 is 2.00 bits per heavy atom. The van der Waals surface area contributed by atoms with Gasteiger partial charge in [0.05, 0.1) is 6.07 Å². The number of fused-ring (bicyclic) bond motifs is 1. The molecule has 2 aromatic heterocycles. The molecule has 0 unspecified atom stereocenters. The van der Waals surface area contributed by atoms with Crippen LogP contribution in [0.15, 0.2) is 21.7 Å². The van der Waals surface area contributed by atoms with Crippen molar-refractivity contribution in [2.45, 2.75) is 0 Å². The fourth-order valence-electron chi connectivity index (χ4n) is 1.01. The average molecular weight is 167 g/mol. The number of hydrogen-bond acceptors (Lipinski definition) is 3. The van der Waals surface area contributed by atoms with Crippen LogP contribution in [0.4, 0.5) is 0 Å². The fraction of sp³-hybridized carbons (Fsp3) is 0. The quantitative estimate of drug-likeness (QED) is 0.471. The second-order valence-electron chi connectivity index (χ2n) is 2.33. The summed E-state index contributed by atoms with van der Waals surface area (Å²) < 4.78 is 1.09. The first-order chi connectivity index (χ1) is 5.66. The molecule has 0 aromatic carbocycles. The van der Waals surface area contributed by atoms with Gasteiger partial charge in [0.1, 0.15) is 5.65 Å². The Labute approximate surface area is 65.1 Å². The van der Waals surface area contributed by atoms with Crippen LogP contribution in [0.5, 0.6) is 5.88 Å². The Hall–Kier alpha value is -1.98. The van der Waals surface area contributed by atoms with Crippen LogP contribution in [0.1, 0.15) is 0 Å². The summed E-state index contributed by atoms with van der Waals surface area (Å²) in [6.45, 7) is 0. The maximum Gasteiger partial charge on any atom is 0.266 e. The normalized spacial score (nSPS) is 10.7. The van der Waals surface area contributed by atoms with Crippen molar-refractivity contribution in [1.29, 1.82) is 0 Å². The minimum absolute atomic E-state index is 0.241. The number of rotatable bonds is 0. The summed E-state index contributed by atoms with van der Waals surface area (Å²) in [6, 6.07) is 2.16. The summed E-state index contributed by atoms with van der Waals surface area (Å²) in [6.07, 6.45) is 0. The third kappa shape index (κ3) is 0.815. The summed E-state index contributed by atoms with van der Waals surface area (Å²) in [5, 5.41) is 11.4. The molecule has 0 saturated carbocycles. The minimum atomic E-state index is -0.452. The van der Waals surface area contributed by atoms with E-state index in [1.807, 2.05) is 0 Å². The molecule has 0 aliphatic carbocycles. The molecule has 0 aliphatic heterocycles. The van der Waals surface area contributed by atoms with Crippen LogP contribution in [0.3, 0.4) is 0 Å². The van der Waals surface area contributed by atoms with E-state index in [9.17, 15) is 9.59 Å². The van der Waals surface area contributed by atoms with Crippen LogP contribution >= 0.6 is 0 Å². The number of nitrogens with one attached hydrogen (secondary N) is 2. The van der Waals surface area contributed by atoms with E-state index in [0.717, 1.165) is 10.6 Å². The SMILES string of the molecule is O=c1cc(O)n2[nH]c(=O)cc2[nH]1. The summed E-state index contributed by atoms with van der Waals surface area (Å²) in [4.78, 5) is 23.9. The van der Waals surface area contributed by atoms with Crippen LogP contribution in [0.25, 0.3) is 5.65 Å². The lowest BCUT2D eigenvalue weighted by Gasteiger charge is -1.94. The smallest absolute Gasteiger partial charge is 0.266 e. The van der Waals surface area contributed by atoms with Crippen LogP contribution < -0.4 is 11.1 Å². The van der Waals surface area contributed by atoms with E-state index in [-0.39, 0.29) is 17.1 Å². The predicted octanol–water partition coefficient (Wildman–Crippen LogP) is -0.979. The van der Waals surface area contributed by atoms with Gasteiger partial charge in [-0.1, -0.05) is 0 Å². The highest BCUT2D eigenvalue weighted by Gasteiger charge is 2.01. The molecular weight excluding hydrogens is 162 g/mol. The lowest BCUT2D eigenvalue weighted by Crippen LogP contribution is -2.07. The summed E-state index contributed by atoms with van der Waals surface area (Å²) in [5.41, 5.74) is -0.594. The largest absolute Gasteiger partial charge is 0.493 e. The van der Waals surface area contributed by atoms with Gasteiger partial charge in [-0.15, -0.1) is 0 Å². The van der Waals surface area contributed by atoms with Gasteiger partial charge in [-0.2, -0.15) is 0 Å².